The summed E-state index contributed by atoms with van der Waals surface area (Å²) >= 11 is 0. The normalized spacial score (nSPS) is 18.2. The Morgan fingerprint density at radius 1 is 1.18 bits per heavy atom. The minimum atomic E-state index is 0.00494. The molecule has 0 aromatic heterocycles. The summed E-state index contributed by atoms with van der Waals surface area (Å²) in [5.41, 5.74) is 0. The molecule has 1 atom stereocenters. The molecule has 0 N–H and O–H groups in total. The molecule has 0 aromatic rings. The number of hydrogen-bond acceptors (Lipinski definition) is 3. The molecule has 1 saturated heterocycles. The first-order valence-corrected chi connectivity index (χ1v) is 6.67. The molecular formula is C13H24N2O2. The highest BCUT2D eigenvalue weighted by molar-refractivity contribution is 6.02. The van der Waals surface area contributed by atoms with Gasteiger partial charge in [-0.2, -0.15) is 0 Å². The van der Waals surface area contributed by atoms with Crippen LogP contribution >= 0.6 is 0 Å². The van der Waals surface area contributed by atoms with Crippen LogP contribution in [-0.4, -0.2) is 47.3 Å². The van der Waals surface area contributed by atoms with E-state index >= 15 is 0 Å². The molecular weight excluding hydrogens is 216 g/mol. The van der Waals surface area contributed by atoms with Gasteiger partial charge in [0.15, 0.2) is 0 Å². The van der Waals surface area contributed by atoms with Gasteiger partial charge < -0.3 is 4.90 Å². The average Bonchev–Trinajstić information content (AvgIpc) is 2.64. The van der Waals surface area contributed by atoms with Crippen LogP contribution in [0.25, 0.3) is 0 Å². The minimum absolute atomic E-state index is 0.00494. The molecule has 0 radical (unpaired) electrons. The van der Waals surface area contributed by atoms with Crippen molar-refractivity contribution in [1.29, 1.82) is 0 Å². The van der Waals surface area contributed by atoms with Crippen LogP contribution in [0.5, 0.6) is 0 Å². The maximum atomic E-state index is 11.5. The second-order valence-electron chi connectivity index (χ2n) is 4.68. The number of carbonyl (C=O) groups excluding carboxylic acids is 2. The van der Waals surface area contributed by atoms with Gasteiger partial charge in [0.25, 0.3) is 0 Å². The van der Waals surface area contributed by atoms with Gasteiger partial charge in [-0.15, -0.1) is 0 Å². The third kappa shape index (κ3) is 3.80. The van der Waals surface area contributed by atoms with Crippen molar-refractivity contribution in [2.75, 3.05) is 19.6 Å². The molecule has 0 bridgehead atoms. The van der Waals surface area contributed by atoms with E-state index in [0.717, 1.165) is 32.5 Å². The van der Waals surface area contributed by atoms with Gasteiger partial charge in [0.05, 0.1) is 0 Å². The molecule has 0 aromatic carbocycles. The average molecular weight is 240 g/mol. The molecule has 1 aliphatic heterocycles. The predicted molar refractivity (Wildman–Crippen MR) is 67.6 cm³/mol. The van der Waals surface area contributed by atoms with Crippen molar-refractivity contribution in [3.05, 3.63) is 0 Å². The van der Waals surface area contributed by atoms with Crippen LogP contribution < -0.4 is 0 Å². The maximum Gasteiger partial charge on any atom is 0.229 e. The van der Waals surface area contributed by atoms with Crippen molar-refractivity contribution < 1.29 is 9.59 Å². The summed E-state index contributed by atoms with van der Waals surface area (Å²) in [6.45, 7) is 9.46. The van der Waals surface area contributed by atoms with Gasteiger partial charge >= 0.3 is 0 Å². The fourth-order valence-electron chi connectivity index (χ4n) is 2.36. The Hall–Kier alpha value is -0.900. The zero-order chi connectivity index (χ0) is 12.8. The number of hydrogen-bond donors (Lipinski definition) is 0. The van der Waals surface area contributed by atoms with Crippen LogP contribution in [0, 0.1) is 0 Å². The van der Waals surface area contributed by atoms with Crippen LogP contribution in [-0.2, 0) is 9.59 Å². The van der Waals surface area contributed by atoms with Crippen LogP contribution in [0.2, 0.25) is 0 Å². The highest BCUT2D eigenvalue weighted by Crippen LogP contribution is 2.18. The van der Waals surface area contributed by atoms with Crippen molar-refractivity contribution in [1.82, 2.24) is 9.80 Å². The van der Waals surface area contributed by atoms with Gasteiger partial charge in [0.1, 0.15) is 0 Å². The summed E-state index contributed by atoms with van der Waals surface area (Å²) in [5.74, 6) is 0.00989. The Bertz CT molecular complexity index is 259. The molecule has 0 saturated carbocycles. The molecule has 1 rings (SSSR count). The lowest BCUT2D eigenvalue weighted by Gasteiger charge is -2.24. The maximum absolute atomic E-state index is 11.5. The van der Waals surface area contributed by atoms with Crippen molar-refractivity contribution in [3.8, 4) is 0 Å². The van der Waals surface area contributed by atoms with Gasteiger partial charge in [-0.1, -0.05) is 13.8 Å². The van der Waals surface area contributed by atoms with E-state index < -0.39 is 0 Å². The Kier molecular flexibility index (Phi) is 5.62. The van der Waals surface area contributed by atoms with Crippen LogP contribution in [0.1, 0.15) is 46.5 Å². The number of rotatable bonds is 7. The Morgan fingerprint density at radius 3 is 2.18 bits per heavy atom. The fourth-order valence-corrected chi connectivity index (χ4v) is 2.36. The van der Waals surface area contributed by atoms with Crippen molar-refractivity contribution >= 4 is 11.8 Å². The first-order chi connectivity index (χ1) is 8.10. The monoisotopic (exact) mass is 240 g/mol. The van der Waals surface area contributed by atoms with E-state index in [1.807, 2.05) is 6.92 Å². The summed E-state index contributed by atoms with van der Waals surface area (Å²) < 4.78 is 0. The Labute approximate surface area is 104 Å². The molecule has 0 spiro atoms. The van der Waals surface area contributed by atoms with Crippen molar-refractivity contribution in [2.45, 2.75) is 52.5 Å². The highest BCUT2D eigenvalue weighted by atomic mass is 16.2. The second kappa shape index (κ2) is 6.74. The zero-order valence-corrected chi connectivity index (χ0v) is 11.2. The van der Waals surface area contributed by atoms with Gasteiger partial charge in [0.2, 0.25) is 11.8 Å². The van der Waals surface area contributed by atoms with Crippen molar-refractivity contribution in [3.63, 3.8) is 0 Å². The number of likely N-dealkylation sites (tertiary alicyclic amines) is 1. The summed E-state index contributed by atoms with van der Waals surface area (Å²) in [4.78, 5) is 26.9. The van der Waals surface area contributed by atoms with Crippen molar-refractivity contribution in [2.24, 2.45) is 0 Å². The molecule has 2 amide bonds. The molecule has 98 valence electrons. The lowest BCUT2D eigenvalue weighted by Crippen LogP contribution is -2.38. The van der Waals surface area contributed by atoms with Gasteiger partial charge in [-0.25, -0.2) is 0 Å². The summed E-state index contributed by atoms with van der Waals surface area (Å²) in [5, 5.41) is 0. The van der Waals surface area contributed by atoms with E-state index in [1.165, 1.54) is 4.90 Å². The van der Waals surface area contributed by atoms with Crippen LogP contribution in [0.4, 0.5) is 0 Å². The molecule has 4 heteroatoms. The Balaban J connectivity index is 2.31. The number of nitrogens with zero attached hydrogens (tertiary/aromatic N) is 2. The van der Waals surface area contributed by atoms with Gasteiger partial charge in [-0.3, -0.25) is 14.5 Å². The summed E-state index contributed by atoms with van der Waals surface area (Å²) in [6, 6.07) is 0.0630. The number of imide groups is 1. The minimum Gasteiger partial charge on any atom is -0.304 e. The quantitative estimate of drug-likeness (QED) is 0.635. The van der Waals surface area contributed by atoms with E-state index in [9.17, 15) is 9.59 Å². The predicted octanol–water partition coefficient (Wildman–Crippen LogP) is 1.65. The van der Waals surface area contributed by atoms with E-state index in [4.69, 9.17) is 0 Å². The molecule has 4 nitrogen and oxygen atoms in total. The molecule has 1 heterocycles. The standard InChI is InChI=1S/C13H24N2O2/c1-4-14(5-2)10-6-7-11(3)15-12(16)8-9-13(15)17/h11H,4-10H2,1-3H3. The van der Waals surface area contributed by atoms with E-state index in [-0.39, 0.29) is 17.9 Å². The third-order valence-electron chi connectivity index (χ3n) is 3.52. The SMILES string of the molecule is CCN(CC)CCCC(C)N1C(=O)CCC1=O. The molecule has 17 heavy (non-hydrogen) atoms. The molecule has 1 unspecified atom stereocenters. The van der Waals surface area contributed by atoms with E-state index in [0.29, 0.717) is 12.8 Å². The second-order valence-corrected chi connectivity index (χ2v) is 4.68. The zero-order valence-electron chi connectivity index (χ0n) is 11.2. The Morgan fingerprint density at radius 2 is 1.71 bits per heavy atom. The number of amides is 2. The van der Waals surface area contributed by atoms with Crippen LogP contribution in [0.15, 0.2) is 0 Å². The lowest BCUT2D eigenvalue weighted by atomic mass is 10.1. The lowest BCUT2D eigenvalue weighted by molar-refractivity contribution is -0.140. The number of carbonyl (C=O) groups is 2. The molecule has 0 aliphatic carbocycles. The first-order valence-electron chi connectivity index (χ1n) is 6.67. The van der Waals surface area contributed by atoms with Gasteiger partial charge in [0, 0.05) is 18.9 Å². The largest absolute Gasteiger partial charge is 0.304 e. The molecule has 1 aliphatic rings. The fraction of sp³-hybridized carbons (Fsp3) is 0.846. The molecule has 1 fully saturated rings. The smallest absolute Gasteiger partial charge is 0.229 e. The summed E-state index contributed by atoms with van der Waals surface area (Å²) in [6.07, 6.45) is 2.76. The van der Waals surface area contributed by atoms with Crippen LogP contribution in [0.3, 0.4) is 0 Å². The van der Waals surface area contributed by atoms with E-state index in [2.05, 4.69) is 18.7 Å². The summed E-state index contributed by atoms with van der Waals surface area (Å²) in [7, 11) is 0. The third-order valence-corrected chi connectivity index (χ3v) is 3.52. The topological polar surface area (TPSA) is 40.6 Å². The first kappa shape index (κ1) is 14.2. The highest BCUT2D eigenvalue weighted by Gasteiger charge is 2.32. The van der Waals surface area contributed by atoms with Gasteiger partial charge in [-0.05, 0) is 39.4 Å². The van der Waals surface area contributed by atoms with E-state index in [1.54, 1.807) is 0 Å².